The van der Waals surface area contributed by atoms with E-state index >= 15 is 0 Å². The fourth-order valence-electron chi connectivity index (χ4n) is 4.26. The lowest BCUT2D eigenvalue weighted by molar-refractivity contribution is 0.111. The maximum absolute atomic E-state index is 5.83. The molecule has 0 amide bonds. The molecule has 0 N–H and O–H groups in total. The van der Waals surface area contributed by atoms with Gasteiger partial charge in [-0.1, -0.05) is 24.3 Å². The van der Waals surface area contributed by atoms with E-state index in [4.69, 9.17) is 24.3 Å². The molecule has 0 unspecified atom stereocenters. The van der Waals surface area contributed by atoms with Crippen LogP contribution in [0.1, 0.15) is 16.8 Å². The zero-order chi connectivity index (χ0) is 20.7. The van der Waals surface area contributed by atoms with Crippen LogP contribution in [0.15, 0.2) is 48.5 Å². The molecule has 2 aromatic carbocycles. The number of rotatable bonds is 4. The van der Waals surface area contributed by atoms with Gasteiger partial charge in [-0.3, -0.25) is 0 Å². The summed E-state index contributed by atoms with van der Waals surface area (Å²) in [5.74, 6) is 1.34. The van der Waals surface area contributed by atoms with Gasteiger partial charge in [0.1, 0.15) is 0 Å². The number of methoxy groups -OCH3 is 2. The summed E-state index contributed by atoms with van der Waals surface area (Å²) in [6.45, 7) is 3.26. The maximum atomic E-state index is 5.83. The van der Waals surface area contributed by atoms with Gasteiger partial charge >= 0.3 is 0 Å². The standard InChI is InChI=1S/C24H23N3O3/c1-15-21-17-12-13-30-14-19(17)22(18-10-7-11-20(28-2)23(18)29-3)25-24(21)27(26-15)16-8-5-4-6-9-16/h4-11H,12-14H2,1-3H3. The Labute approximate surface area is 175 Å². The van der Waals surface area contributed by atoms with E-state index in [2.05, 4.69) is 0 Å². The number of ether oxygens (including phenoxy) is 3. The van der Waals surface area contributed by atoms with E-state index in [1.807, 2.05) is 60.1 Å². The van der Waals surface area contributed by atoms with E-state index < -0.39 is 0 Å². The third kappa shape index (κ3) is 2.83. The molecule has 0 fully saturated rings. The van der Waals surface area contributed by atoms with Crippen molar-refractivity contribution in [3.63, 3.8) is 0 Å². The van der Waals surface area contributed by atoms with Gasteiger partial charge in [-0.2, -0.15) is 5.10 Å². The van der Waals surface area contributed by atoms with Crippen LogP contribution in [0.3, 0.4) is 0 Å². The molecule has 6 heteroatoms. The maximum Gasteiger partial charge on any atom is 0.170 e. The Morgan fingerprint density at radius 1 is 0.967 bits per heavy atom. The minimum Gasteiger partial charge on any atom is -0.493 e. The number of para-hydroxylation sites is 2. The third-order valence-electron chi connectivity index (χ3n) is 5.61. The van der Waals surface area contributed by atoms with Gasteiger partial charge in [0.15, 0.2) is 17.1 Å². The van der Waals surface area contributed by atoms with Crippen molar-refractivity contribution in [3.8, 4) is 28.4 Å². The number of pyridine rings is 1. The van der Waals surface area contributed by atoms with Gasteiger partial charge in [-0.25, -0.2) is 9.67 Å². The van der Waals surface area contributed by atoms with Crippen LogP contribution in [0.25, 0.3) is 28.0 Å². The minimum atomic E-state index is 0.518. The van der Waals surface area contributed by atoms with Gasteiger partial charge < -0.3 is 14.2 Å². The largest absolute Gasteiger partial charge is 0.493 e. The van der Waals surface area contributed by atoms with Crippen molar-refractivity contribution in [1.29, 1.82) is 0 Å². The number of benzene rings is 2. The summed E-state index contributed by atoms with van der Waals surface area (Å²) in [5.41, 5.74) is 6.90. The predicted molar refractivity (Wildman–Crippen MR) is 116 cm³/mol. The second-order valence-corrected chi connectivity index (χ2v) is 7.29. The van der Waals surface area contributed by atoms with Crippen molar-refractivity contribution in [3.05, 3.63) is 65.4 Å². The molecule has 0 saturated heterocycles. The van der Waals surface area contributed by atoms with E-state index in [-0.39, 0.29) is 0 Å². The van der Waals surface area contributed by atoms with Gasteiger partial charge in [0.2, 0.25) is 0 Å². The zero-order valence-electron chi connectivity index (χ0n) is 17.3. The first-order valence-electron chi connectivity index (χ1n) is 9.98. The Bertz CT molecular complexity index is 1230. The first kappa shape index (κ1) is 18.6. The molecule has 2 aromatic heterocycles. The molecule has 30 heavy (non-hydrogen) atoms. The molecule has 0 radical (unpaired) electrons. The van der Waals surface area contributed by atoms with Crippen LogP contribution < -0.4 is 9.47 Å². The number of hydrogen-bond acceptors (Lipinski definition) is 5. The van der Waals surface area contributed by atoms with Crippen molar-refractivity contribution < 1.29 is 14.2 Å². The van der Waals surface area contributed by atoms with E-state index in [1.54, 1.807) is 14.2 Å². The van der Waals surface area contributed by atoms with Crippen molar-refractivity contribution in [2.24, 2.45) is 0 Å². The topological polar surface area (TPSA) is 58.4 Å². The Kier molecular flexibility index (Phi) is 4.64. The molecule has 152 valence electrons. The Balaban J connectivity index is 1.86. The van der Waals surface area contributed by atoms with E-state index in [9.17, 15) is 0 Å². The highest BCUT2D eigenvalue weighted by atomic mass is 16.5. The number of fused-ring (bicyclic) bond motifs is 3. The molecule has 0 atom stereocenters. The Morgan fingerprint density at radius 2 is 1.80 bits per heavy atom. The van der Waals surface area contributed by atoms with Crippen molar-refractivity contribution in [1.82, 2.24) is 14.8 Å². The van der Waals surface area contributed by atoms with Crippen LogP contribution in [0.5, 0.6) is 11.5 Å². The Hall–Kier alpha value is -3.38. The summed E-state index contributed by atoms with van der Waals surface area (Å²) in [6, 6.07) is 16.0. The molecule has 1 aliphatic rings. The normalized spacial score (nSPS) is 13.3. The second-order valence-electron chi connectivity index (χ2n) is 7.29. The van der Waals surface area contributed by atoms with Gasteiger partial charge in [-0.05, 0) is 43.2 Å². The molecular weight excluding hydrogens is 378 g/mol. The molecule has 5 rings (SSSR count). The SMILES string of the molecule is COc1cccc(-c2nc3c(c(C)nn3-c3ccccc3)c3c2COCC3)c1OC. The molecule has 3 heterocycles. The molecular formula is C24H23N3O3. The lowest BCUT2D eigenvalue weighted by atomic mass is 9.94. The summed E-state index contributed by atoms with van der Waals surface area (Å²) in [7, 11) is 3.30. The first-order valence-corrected chi connectivity index (χ1v) is 9.98. The summed E-state index contributed by atoms with van der Waals surface area (Å²) in [4.78, 5) is 5.12. The van der Waals surface area contributed by atoms with Crippen LogP contribution in [0.2, 0.25) is 0 Å². The van der Waals surface area contributed by atoms with E-state index in [0.717, 1.165) is 45.7 Å². The number of aryl methyl sites for hydroxylation is 1. The summed E-state index contributed by atoms with van der Waals surface area (Å²) < 4.78 is 19.0. The lowest BCUT2D eigenvalue weighted by Gasteiger charge is -2.22. The van der Waals surface area contributed by atoms with Crippen LogP contribution in [0, 0.1) is 6.92 Å². The van der Waals surface area contributed by atoms with Crippen molar-refractivity contribution in [2.75, 3.05) is 20.8 Å². The molecule has 0 bridgehead atoms. The first-order chi connectivity index (χ1) is 14.7. The third-order valence-corrected chi connectivity index (χ3v) is 5.61. The number of hydrogen-bond donors (Lipinski definition) is 0. The molecule has 0 aliphatic carbocycles. The van der Waals surface area contributed by atoms with Gasteiger partial charge in [-0.15, -0.1) is 0 Å². The predicted octanol–water partition coefficient (Wildman–Crippen LogP) is 4.49. The van der Waals surface area contributed by atoms with Crippen LogP contribution in [0.4, 0.5) is 0 Å². The van der Waals surface area contributed by atoms with E-state index in [1.165, 1.54) is 5.56 Å². The molecule has 6 nitrogen and oxygen atoms in total. The van der Waals surface area contributed by atoms with Crippen LogP contribution in [-0.4, -0.2) is 35.6 Å². The molecule has 4 aromatic rings. The highest BCUT2D eigenvalue weighted by Gasteiger charge is 2.26. The quantitative estimate of drug-likeness (QED) is 0.504. The molecule has 0 saturated carbocycles. The average molecular weight is 401 g/mol. The van der Waals surface area contributed by atoms with E-state index in [0.29, 0.717) is 24.7 Å². The highest BCUT2D eigenvalue weighted by molar-refractivity contribution is 5.89. The fourth-order valence-corrected chi connectivity index (χ4v) is 4.26. The second kappa shape index (κ2) is 7.46. The summed E-state index contributed by atoms with van der Waals surface area (Å²) in [5, 5.41) is 5.95. The smallest absolute Gasteiger partial charge is 0.170 e. The van der Waals surface area contributed by atoms with Crippen molar-refractivity contribution in [2.45, 2.75) is 20.0 Å². The van der Waals surface area contributed by atoms with Crippen LogP contribution >= 0.6 is 0 Å². The van der Waals surface area contributed by atoms with Gasteiger partial charge in [0.05, 0.1) is 44.5 Å². The van der Waals surface area contributed by atoms with Gasteiger partial charge in [0.25, 0.3) is 0 Å². The summed E-state index contributed by atoms with van der Waals surface area (Å²) >= 11 is 0. The molecule has 1 aliphatic heterocycles. The lowest BCUT2D eigenvalue weighted by Crippen LogP contribution is -2.14. The minimum absolute atomic E-state index is 0.518. The number of aromatic nitrogens is 3. The van der Waals surface area contributed by atoms with Crippen LogP contribution in [-0.2, 0) is 17.8 Å². The van der Waals surface area contributed by atoms with Gasteiger partial charge in [0, 0.05) is 16.5 Å². The summed E-state index contributed by atoms with van der Waals surface area (Å²) in [6.07, 6.45) is 0.828. The average Bonchev–Trinajstić information content (AvgIpc) is 3.15. The number of nitrogens with zero attached hydrogens (tertiary/aromatic N) is 3. The monoisotopic (exact) mass is 401 g/mol. The fraction of sp³-hybridized carbons (Fsp3) is 0.250. The Morgan fingerprint density at radius 3 is 2.57 bits per heavy atom. The van der Waals surface area contributed by atoms with Crippen molar-refractivity contribution >= 4 is 11.0 Å². The molecule has 0 spiro atoms. The zero-order valence-corrected chi connectivity index (χ0v) is 17.3. The highest BCUT2D eigenvalue weighted by Crippen LogP contribution is 2.42.